The Hall–Kier alpha value is -0.410. The first-order valence-corrected chi connectivity index (χ1v) is 5.74. The lowest BCUT2D eigenvalue weighted by atomic mass is 10.0. The van der Waals surface area contributed by atoms with E-state index in [1.165, 1.54) is 0 Å². The van der Waals surface area contributed by atoms with E-state index in [0.717, 1.165) is 31.4 Å². The summed E-state index contributed by atoms with van der Waals surface area (Å²) >= 11 is 3.72. The highest BCUT2D eigenvalue weighted by atomic mass is 79.9. The van der Waals surface area contributed by atoms with Crippen molar-refractivity contribution in [3.05, 3.63) is 23.8 Å². The maximum atomic E-state index is 10.5. The van der Waals surface area contributed by atoms with E-state index in [2.05, 4.69) is 40.8 Å². The number of allylic oxidation sites excluding steroid dienone is 2. The van der Waals surface area contributed by atoms with Crippen molar-refractivity contribution < 1.29 is 4.79 Å². The van der Waals surface area contributed by atoms with Gasteiger partial charge in [0.2, 0.25) is 0 Å². The van der Waals surface area contributed by atoms with E-state index in [1.807, 2.05) is 12.2 Å². The van der Waals surface area contributed by atoms with Crippen molar-refractivity contribution in [3.8, 4) is 0 Å². The van der Waals surface area contributed by atoms with E-state index in [-0.39, 0.29) is 4.45 Å². The molecule has 0 radical (unpaired) electrons. The quantitative estimate of drug-likeness (QED) is 0.438. The van der Waals surface area contributed by atoms with Gasteiger partial charge in [-0.15, -0.1) is 0 Å². The van der Waals surface area contributed by atoms with Gasteiger partial charge >= 0.3 is 0 Å². The molecule has 3 heteroatoms. The lowest BCUT2D eigenvalue weighted by Gasteiger charge is -2.36. The molecular weight excluding hydrogens is 242 g/mol. The number of hydrogen-bond donors (Lipinski definition) is 0. The molecule has 78 valence electrons. The van der Waals surface area contributed by atoms with Crippen LogP contribution in [0.25, 0.3) is 0 Å². The molecule has 0 aromatic carbocycles. The van der Waals surface area contributed by atoms with Gasteiger partial charge in [-0.1, -0.05) is 48.0 Å². The maximum absolute atomic E-state index is 10.5. The van der Waals surface area contributed by atoms with E-state index in [1.54, 1.807) is 0 Å². The fourth-order valence-corrected chi connectivity index (χ4v) is 2.49. The molecule has 0 fully saturated rings. The Labute approximate surface area is 93.8 Å². The molecule has 0 saturated heterocycles. The predicted molar refractivity (Wildman–Crippen MR) is 62.5 cm³/mol. The molecule has 1 rings (SSSR count). The van der Waals surface area contributed by atoms with Gasteiger partial charge in [0.1, 0.15) is 6.29 Å². The number of likely N-dealkylation sites (N-methyl/N-ethyl adjacent to an activating group) is 1. The number of halogens is 1. The predicted octanol–water partition coefficient (Wildman–Crippen LogP) is 2.50. The summed E-state index contributed by atoms with van der Waals surface area (Å²) in [6.07, 6.45) is 7.65. The molecule has 0 aromatic heterocycles. The minimum Gasteiger partial charge on any atom is -0.298 e. The number of carbonyl (C=O) groups is 1. The first kappa shape index (κ1) is 11.7. The van der Waals surface area contributed by atoms with Crippen molar-refractivity contribution in [1.82, 2.24) is 4.90 Å². The molecule has 0 N–H and O–H groups in total. The molecule has 14 heavy (non-hydrogen) atoms. The summed E-state index contributed by atoms with van der Waals surface area (Å²) in [5.74, 6) is 0. The van der Waals surface area contributed by atoms with Crippen LogP contribution in [0.5, 0.6) is 0 Å². The second-order valence-corrected chi connectivity index (χ2v) is 4.72. The Bertz CT molecular complexity index is 268. The normalized spacial score (nSPS) is 26.4. The summed E-state index contributed by atoms with van der Waals surface area (Å²) in [7, 11) is 0. The topological polar surface area (TPSA) is 20.3 Å². The fraction of sp³-hybridized carbons (Fsp3) is 0.545. The van der Waals surface area contributed by atoms with Crippen LogP contribution < -0.4 is 0 Å². The molecular formula is C11H16BrNO. The molecule has 0 saturated carbocycles. The van der Waals surface area contributed by atoms with Crippen LogP contribution in [0.2, 0.25) is 0 Å². The van der Waals surface area contributed by atoms with Gasteiger partial charge in [-0.05, 0) is 19.5 Å². The van der Waals surface area contributed by atoms with Crippen molar-refractivity contribution in [2.45, 2.75) is 24.7 Å². The van der Waals surface area contributed by atoms with Crippen LogP contribution in [0.4, 0.5) is 0 Å². The standard InChI is InChI=1S/C11H16BrNO/c1-3-13(4-2)11(12)7-5-10(9-14)6-8-11/h5-7,9H,3-4,8H2,1-2H3. The van der Waals surface area contributed by atoms with Crippen LogP contribution >= 0.6 is 15.9 Å². The number of alkyl halides is 1. The molecule has 1 atom stereocenters. The molecule has 0 spiro atoms. The largest absolute Gasteiger partial charge is 0.298 e. The van der Waals surface area contributed by atoms with Crippen LogP contribution in [0.15, 0.2) is 23.8 Å². The molecule has 0 heterocycles. The third-order valence-corrected chi connectivity index (χ3v) is 3.67. The summed E-state index contributed by atoms with van der Waals surface area (Å²) in [6, 6.07) is 0. The molecule has 0 aliphatic heterocycles. The van der Waals surface area contributed by atoms with Gasteiger partial charge in [-0.2, -0.15) is 0 Å². The molecule has 1 unspecified atom stereocenters. The van der Waals surface area contributed by atoms with E-state index < -0.39 is 0 Å². The Balaban J connectivity index is 2.76. The van der Waals surface area contributed by atoms with Crippen molar-refractivity contribution in [1.29, 1.82) is 0 Å². The highest BCUT2D eigenvalue weighted by Crippen LogP contribution is 2.32. The van der Waals surface area contributed by atoms with Gasteiger partial charge in [-0.3, -0.25) is 9.69 Å². The summed E-state index contributed by atoms with van der Waals surface area (Å²) in [4.78, 5) is 12.9. The van der Waals surface area contributed by atoms with Crippen molar-refractivity contribution in [2.75, 3.05) is 13.1 Å². The van der Waals surface area contributed by atoms with E-state index in [9.17, 15) is 4.79 Å². The summed E-state index contributed by atoms with van der Waals surface area (Å²) < 4.78 is -0.0942. The average Bonchev–Trinajstić information content (AvgIpc) is 2.20. The first-order chi connectivity index (χ1) is 6.66. The third kappa shape index (κ3) is 2.34. The van der Waals surface area contributed by atoms with Crippen LogP contribution in [0.3, 0.4) is 0 Å². The van der Waals surface area contributed by atoms with Crippen LogP contribution in [-0.2, 0) is 4.79 Å². The molecule has 0 aromatic rings. The first-order valence-electron chi connectivity index (χ1n) is 4.94. The zero-order valence-electron chi connectivity index (χ0n) is 8.66. The van der Waals surface area contributed by atoms with Gasteiger partial charge in [0.05, 0.1) is 4.45 Å². The summed E-state index contributed by atoms with van der Waals surface area (Å²) in [6.45, 7) is 6.27. The molecule has 1 aliphatic carbocycles. The maximum Gasteiger partial charge on any atom is 0.149 e. The Morgan fingerprint density at radius 3 is 2.57 bits per heavy atom. The van der Waals surface area contributed by atoms with Crippen molar-refractivity contribution in [3.63, 3.8) is 0 Å². The Morgan fingerprint density at radius 1 is 1.57 bits per heavy atom. The molecule has 0 amide bonds. The van der Waals surface area contributed by atoms with Crippen LogP contribution in [0, 0.1) is 0 Å². The van der Waals surface area contributed by atoms with Crippen LogP contribution in [0.1, 0.15) is 20.3 Å². The number of nitrogens with zero attached hydrogens (tertiary/aromatic N) is 1. The summed E-state index contributed by atoms with van der Waals surface area (Å²) in [5, 5.41) is 0. The van der Waals surface area contributed by atoms with Crippen molar-refractivity contribution >= 4 is 22.2 Å². The number of rotatable bonds is 4. The Morgan fingerprint density at radius 2 is 2.21 bits per heavy atom. The number of carbonyl (C=O) groups excluding carboxylic acids is 1. The zero-order valence-corrected chi connectivity index (χ0v) is 10.3. The fourth-order valence-electron chi connectivity index (χ4n) is 1.69. The lowest BCUT2D eigenvalue weighted by Crippen LogP contribution is -2.42. The minimum atomic E-state index is -0.0942. The smallest absolute Gasteiger partial charge is 0.149 e. The van der Waals surface area contributed by atoms with Gasteiger partial charge in [0, 0.05) is 5.57 Å². The van der Waals surface area contributed by atoms with Gasteiger partial charge in [0.25, 0.3) is 0 Å². The second-order valence-electron chi connectivity index (χ2n) is 3.35. The van der Waals surface area contributed by atoms with Gasteiger partial charge in [0.15, 0.2) is 0 Å². The van der Waals surface area contributed by atoms with Gasteiger partial charge in [-0.25, -0.2) is 0 Å². The Kier molecular flexibility index (Phi) is 4.08. The molecule has 0 bridgehead atoms. The second kappa shape index (κ2) is 4.89. The van der Waals surface area contributed by atoms with E-state index in [0.29, 0.717) is 0 Å². The molecule has 2 nitrogen and oxygen atoms in total. The van der Waals surface area contributed by atoms with E-state index >= 15 is 0 Å². The zero-order chi connectivity index (χ0) is 10.6. The van der Waals surface area contributed by atoms with Crippen molar-refractivity contribution in [2.24, 2.45) is 0 Å². The van der Waals surface area contributed by atoms with E-state index in [4.69, 9.17) is 0 Å². The monoisotopic (exact) mass is 257 g/mol. The van der Waals surface area contributed by atoms with Crippen LogP contribution in [-0.4, -0.2) is 28.7 Å². The number of aldehydes is 1. The minimum absolute atomic E-state index is 0.0942. The highest BCUT2D eigenvalue weighted by Gasteiger charge is 2.29. The lowest BCUT2D eigenvalue weighted by molar-refractivity contribution is -0.104. The number of hydrogen-bond acceptors (Lipinski definition) is 2. The summed E-state index contributed by atoms with van der Waals surface area (Å²) in [5.41, 5.74) is 0.771. The molecule has 1 aliphatic rings. The third-order valence-electron chi connectivity index (χ3n) is 2.58. The highest BCUT2D eigenvalue weighted by molar-refractivity contribution is 9.10. The average molecular weight is 258 g/mol. The SMILES string of the molecule is CCN(CC)C1(Br)C=CC(C=O)=CC1. The van der Waals surface area contributed by atoms with Gasteiger partial charge < -0.3 is 0 Å².